The molecule has 0 radical (unpaired) electrons. The van der Waals surface area contributed by atoms with Crippen LogP contribution in [0.3, 0.4) is 0 Å². The molecule has 0 atom stereocenters. The third kappa shape index (κ3) is 3.43. The lowest BCUT2D eigenvalue weighted by molar-refractivity contribution is -0.204. The molecule has 25 heavy (non-hydrogen) atoms. The zero-order valence-corrected chi connectivity index (χ0v) is 14.3. The summed E-state index contributed by atoms with van der Waals surface area (Å²) in [7, 11) is 0. The number of hydrogen-bond donors (Lipinski definition) is 1. The number of rotatable bonds is 4. The standard InChI is InChI=1S/C21H24O4/c22-20(10-12-21(13-11-20)24-14-15-25-21)18-8-4-5-9-19(18)23-16-17-6-2-1-3-7-17/h1-9,22H,10-16H2. The summed E-state index contributed by atoms with van der Waals surface area (Å²) in [5.41, 5.74) is 1.08. The smallest absolute Gasteiger partial charge is 0.168 e. The van der Waals surface area contributed by atoms with Crippen molar-refractivity contribution >= 4 is 0 Å². The fourth-order valence-electron chi connectivity index (χ4n) is 3.81. The Morgan fingerprint density at radius 3 is 2.20 bits per heavy atom. The third-order valence-corrected chi connectivity index (χ3v) is 5.28. The fraction of sp³-hybridized carbons (Fsp3) is 0.429. The van der Waals surface area contributed by atoms with Crippen molar-refractivity contribution in [2.24, 2.45) is 0 Å². The van der Waals surface area contributed by atoms with E-state index in [0.717, 1.165) is 16.9 Å². The summed E-state index contributed by atoms with van der Waals surface area (Å²) in [6, 6.07) is 17.9. The zero-order valence-electron chi connectivity index (χ0n) is 14.3. The van der Waals surface area contributed by atoms with Gasteiger partial charge >= 0.3 is 0 Å². The minimum atomic E-state index is -0.895. The maximum atomic E-state index is 11.3. The molecule has 0 unspecified atom stereocenters. The second kappa shape index (κ2) is 6.79. The molecule has 2 aliphatic rings. The Bertz CT molecular complexity index is 697. The molecule has 0 aromatic heterocycles. The van der Waals surface area contributed by atoms with Gasteiger partial charge in [0.05, 0.1) is 18.8 Å². The van der Waals surface area contributed by atoms with Crippen molar-refractivity contribution in [3.63, 3.8) is 0 Å². The Hall–Kier alpha value is -1.88. The number of benzene rings is 2. The molecular formula is C21H24O4. The maximum Gasteiger partial charge on any atom is 0.168 e. The average Bonchev–Trinajstić information content (AvgIpc) is 3.13. The van der Waals surface area contributed by atoms with Gasteiger partial charge < -0.3 is 19.3 Å². The van der Waals surface area contributed by atoms with Gasteiger partial charge in [0.25, 0.3) is 0 Å². The molecule has 4 heteroatoms. The molecule has 1 heterocycles. The van der Waals surface area contributed by atoms with Gasteiger partial charge in [0.2, 0.25) is 0 Å². The second-order valence-corrected chi connectivity index (χ2v) is 6.91. The lowest BCUT2D eigenvalue weighted by Crippen LogP contribution is -2.42. The van der Waals surface area contributed by atoms with Crippen LogP contribution in [0, 0.1) is 0 Å². The number of aliphatic hydroxyl groups is 1. The van der Waals surface area contributed by atoms with E-state index >= 15 is 0 Å². The third-order valence-electron chi connectivity index (χ3n) is 5.28. The summed E-state index contributed by atoms with van der Waals surface area (Å²) >= 11 is 0. The highest BCUT2D eigenvalue weighted by atomic mass is 16.7. The first-order chi connectivity index (χ1) is 12.2. The molecule has 4 rings (SSSR count). The summed E-state index contributed by atoms with van der Waals surface area (Å²) in [5, 5.41) is 11.3. The highest BCUT2D eigenvalue weighted by Crippen LogP contribution is 2.47. The van der Waals surface area contributed by atoms with Crippen molar-refractivity contribution < 1.29 is 19.3 Å². The molecule has 1 spiro atoms. The van der Waals surface area contributed by atoms with Crippen LogP contribution in [0.25, 0.3) is 0 Å². The Morgan fingerprint density at radius 1 is 0.840 bits per heavy atom. The topological polar surface area (TPSA) is 47.9 Å². The summed E-state index contributed by atoms with van der Waals surface area (Å²) in [5.74, 6) is 0.268. The minimum absolute atomic E-state index is 0.480. The van der Waals surface area contributed by atoms with Gasteiger partial charge in [0.15, 0.2) is 5.79 Å². The quantitative estimate of drug-likeness (QED) is 0.920. The van der Waals surface area contributed by atoms with Crippen LogP contribution in [0.5, 0.6) is 5.75 Å². The van der Waals surface area contributed by atoms with Crippen LogP contribution in [-0.2, 0) is 21.7 Å². The van der Waals surface area contributed by atoms with E-state index in [4.69, 9.17) is 14.2 Å². The molecule has 0 bridgehead atoms. The summed E-state index contributed by atoms with van der Waals surface area (Å²) in [6.07, 6.45) is 2.63. The Kier molecular flexibility index (Phi) is 4.50. The summed E-state index contributed by atoms with van der Waals surface area (Å²) < 4.78 is 17.6. The zero-order chi connectivity index (χ0) is 17.2. The molecular weight excluding hydrogens is 316 g/mol. The molecule has 2 aromatic rings. The second-order valence-electron chi connectivity index (χ2n) is 6.91. The highest BCUT2D eigenvalue weighted by molar-refractivity contribution is 5.38. The van der Waals surface area contributed by atoms with Crippen LogP contribution in [0.4, 0.5) is 0 Å². The van der Waals surface area contributed by atoms with Crippen LogP contribution in [0.15, 0.2) is 54.6 Å². The molecule has 1 aliphatic carbocycles. The molecule has 1 N–H and O–H groups in total. The van der Waals surface area contributed by atoms with Gasteiger partial charge in [-0.2, -0.15) is 0 Å². The van der Waals surface area contributed by atoms with Crippen LogP contribution in [-0.4, -0.2) is 24.1 Å². The molecule has 132 valence electrons. The SMILES string of the molecule is OC1(c2ccccc2OCc2ccccc2)CCC2(CC1)OCCO2. The molecule has 4 nitrogen and oxygen atoms in total. The Balaban J connectivity index is 1.50. The van der Waals surface area contributed by atoms with Gasteiger partial charge in [-0.1, -0.05) is 48.5 Å². The van der Waals surface area contributed by atoms with E-state index < -0.39 is 11.4 Å². The van der Waals surface area contributed by atoms with E-state index in [1.54, 1.807) is 0 Å². The van der Waals surface area contributed by atoms with Gasteiger partial charge in [-0.3, -0.25) is 0 Å². The molecule has 0 amide bonds. The van der Waals surface area contributed by atoms with Crippen molar-refractivity contribution in [1.29, 1.82) is 0 Å². The van der Waals surface area contributed by atoms with Crippen LogP contribution in [0.1, 0.15) is 36.8 Å². The van der Waals surface area contributed by atoms with Crippen LogP contribution >= 0.6 is 0 Å². The van der Waals surface area contributed by atoms with Gasteiger partial charge in [-0.05, 0) is 24.5 Å². The van der Waals surface area contributed by atoms with Crippen molar-refractivity contribution in [3.8, 4) is 5.75 Å². The summed E-state index contributed by atoms with van der Waals surface area (Å²) in [4.78, 5) is 0. The molecule has 1 saturated carbocycles. The van der Waals surface area contributed by atoms with Crippen LogP contribution < -0.4 is 4.74 Å². The minimum Gasteiger partial charge on any atom is -0.489 e. The predicted octanol–water partition coefficient (Wildman–Crippen LogP) is 3.77. The Labute approximate surface area is 148 Å². The number of ether oxygens (including phenoxy) is 3. The lowest BCUT2D eigenvalue weighted by atomic mass is 9.76. The van der Waals surface area contributed by atoms with E-state index in [1.165, 1.54) is 0 Å². The fourth-order valence-corrected chi connectivity index (χ4v) is 3.81. The van der Waals surface area contributed by atoms with Crippen molar-refractivity contribution in [3.05, 3.63) is 65.7 Å². The van der Waals surface area contributed by atoms with E-state index in [-0.39, 0.29) is 0 Å². The van der Waals surface area contributed by atoms with Crippen molar-refractivity contribution in [1.82, 2.24) is 0 Å². The van der Waals surface area contributed by atoms with E-state index in [9.17, 15) is 5.11 Å². The first kappa shape index (κ1) is 16.6. The van der Waals surface area contributed by atoms with Gasteiger partial charge in [0.1, 0.15) is 12.4 Å². The van der Waals surface area contributed by atoms with Crippen molar-refractivity contribution in [2.45, 2.75) is 43.7 Å². The predicted molar refractivity (Wildman–Crippen MR) is 94.2 cm³/mol. The van der Waals surface area contributed by atoms with E-state index in [2.05, 4.69) is 0 Å². The van der Waals surface area contributed by atoms with Gasteiger partial charge in [-0.25, -0.2) is 0 Å². The maximum absolute atomic E-state index is 11.3. The molecule has 2 fully saturated rings. The lowest BCUT2D eigenvalue weighted by Gasteiger charge is -2.41. The van der Waals surface area contributed by atoms with Gasteiger partial charge in [0, 0.05) is 18.4 Å². The largest absolute Gasteiger partial charge is 0.489 e. The Morgan fingerprint density at radius 2 is 1.48 bits per heavy atom. The molecule has 1 aliphatic heterocycles. The van der Waals surface area contributed by atoms with E-state index in [1.807, 2.05) is 54.6 Å². The van der Waals surface area contributed by atoms with Crippen molar-refractivity contribution in [2.75, 3.05) is 13.2 Å². The number of hydrogen-bond acceptors (Lipinski definition) is 4. The average molecular weight is 340 g/mol. The van der Waals surface area contributed by atoms with Crippen LogP contribution in [0.2, 0.25) is 0 Å². The van der Waals surface area contributed by atoms with E-state index in [0.29, 0.717) is 45.5 Å². The summed E-state index contributed by atoms with van der Waals surface area (Å²) in [6.45, 7) is 1.79. The first-order valence-corrected chi connectivity index (χ1v) is 8.96. The normalized spacial score (nSPS) is 21.3. The highest BCUT2D eigenvalue weighted by Gasteiger charge is 2.47. The first-order valence-electron chi connectivity index (χ1n) is 8.96. The van der Waals surface area contributed by atoms with Gasteiger partial charge in [-0.15, -0.1) is 0 Å². The molecule has 1 saturated heterocycles. The monoisotopic (exact) mass is 340 g/mol. The number of para-hydroxylation sites is 1. The molecule has 2 aromatic carbocycles.